The van der Waals surface area contributed by atoms with Crippen molar-refractivity contribution in [3.8, 4) is 11.5 Å². The third-order valence-electron chi connectivity index (χ3n) is 3.43. The number of hydrogen-bond donors (Lipinski definition) is 1. The van der Waals surface area contributed by atoms with E-state index in [1.807, 2.05) is 13.8 Å². The maximum absolute atomic E-state index is 12.1. The summed E-state index contributed by atoms with van der Waals surface area (Å²) < 4.78 is 16.1. The lowest BCUT2D eigenvalue weighted by atomic mass is 10.2. The van der Waals surface area contributed by atoms with Crippen molar-refractivity contribution >= 4 is 17.9 Å². The molecule has 1 aliphatic rings. The zero-order valence-corrected chi connectivity index (χ0v) is 14.4. The smallest absolute Gasteiger partial charge is 0.338 e. The molecule has 8 nitrogen and oxygen atoms in total. The monoisotopic (exact) mass is 350 g/mol. The second kappa shape index (κ2) is 8.91. The van der Waals surface area contributed by atoms with Gasteiger partial charge >= 0.3 is 12.0 Å². The molecular weight excluding hydrogens is 328 g/mol. The first-order valence-electron chi connectivity index (χ1n) is 8.21. The summed E-state index contributed by atoms with van der Waals surface area (Å²) in [5.74, 6) is -0.243. The summed E-state index contributed by atoms with van der Waals surface area (Å²) in [4.78, 5) is 36.4. The Morgan fingerprint density at radius 1 is 1.20 bits per heavy atom. The molecule has 1 N–H and O–H groups in total. The van der Waals surface area contributed by atoms with Crippen LogP contribution in [0, 0.1) is 0 Å². The number of esters is 1. The quantitative estimate of drug-likeness (QED) is 0.716. The summed E-state index contributed by atoms with van der Waals surface area (Å²) in [5, 5.41) is 2.51. The van der Waals surface area contributed by atoms with Gasteiger partial charge in [-0.15, -0.1) is 0 Å². The molecule has 0 saturated carbocycles. The summed E-state index contributed by atoms with van der Waals surface area (Å²) in [6.45, 7) is 4.95. The molecule has 1 aliphatic heterocycles. The number of benzene rings is 1. The summed E-state index contributed by atoms with van der Waals surface area (Å²) >= 11 is 0. The third-order valence-corrected chi connectivity index (χ3v) is 3.43. The SMILES string of the molecule is CCCOc1ccc(C(=O)OCC(=O)N2CCNC2=O)cc1OCC. The van der Waals surface area contributed by atoms with Gasteiger partial charge < -0.3 is 19.5 Å². The topological polar surface area (TPSA) is 94.2 Å². The zero-order chi connectivity index (χ0) is 18.2. The number of hydrogen-bond acceptors (Lipinski definition) is 6. The van der Waals surface area contributed by atoms with Crippen molar-refractivity contribution in [2.75, 3.05) is 32.9 Å². The van der Waals surface area contributed by atoms with E-state index in [-0.39, 0.29) is 12.1 Å². The minimum atomic E-state index is -0.670. The zero-order valence-electron chi connectivity index (χ0n) is 14.4. The first-order valence-corrected chi connectivity index (χ1v) is 8.21. The molecule has 0 atom stereocenters. The first-order chi connectivity index (χ1) is 12.1. The van der Waals surface area contributed by atoms with Crippen LogP contribution in [0.1, 0.15) is 30.6 Å². The largest absolute Gasteiger partial charge is 0.490 e. The molecule has 0 radical (unpaired) electrons. The fourth-order valence-electron chi connectivity index (χ4n) is 2.23. The normalized spacial score (nSPS) is 13.4. The molecule has 1 fully saturated rings. The van der Waals surface area contributed by atoms with Crippen LogP contribution < -0.4 is 14.8 Å². The fourth-order valence-corrected chi connectivity index (χ4v) is 2.23. The average Bonchev–Trinajstić information content (AvgIpc) is 3.04. The standard InChI is InChI=1S/C17H22N2O6/c1-3-9-24-13-6-5-12(10-14(13)23-4-2)16(21)25-11-15(20)19-8-7-18-17(19)22/h5-6,10H,3-4,7-9,11H2,1-2H3,(H,18,22). The number of nitrogens with zero attached hydrogens (tertiary/aromatic N) is 1. The third kappa shape index (κ3) is 4.85. The van der Waals surface area contributed by atoms with Gasteiger partial charge in [0.25, 0.3) is 5.91 Å². The van der Waals surface area contributed by atoms with Crippen molar-refractivity contribution in [3.05, 3.63) is 23.8 Å². The molecule has 0 aliphatic carbocycles. The summed E-state index contributed by atoms with van der Waals surface area (Å²) in [6, 6.07) is 4.22. The van der Waals surface area contributed by atoms with Gasteiger partial charge in [0.05, 0.1) is 18.8 Å². The fraction of sp³-hybridized carbons (Fsp3) is 0.471. The van der Waals surface area contributed by atoms with Crippen molar-refractivity contribution in [1.29, 1.82) is 0 Å². The Bertz CT molecular complexity index is 646. The highest BCUT2D eigenvalue weighted by Crippen LogP contribution is 2.29. The number of nitrogens with one attached hydrogen (secondary N) is 1. The Morgan fingerprint density at radius 3 is 2.64 bits per heavy atom. The second-order valence-electron chi connectivity index (χ2n) is 5.30. The van der Waals surface area contributed by atoms with Crippen molar-refractivity contribution < 1.29 is 28.6 Å². The number of carbonyl (C=O) groups is 3. The van der Waals surface area contributed by atoms with Crippen LogP contribution in [0.15, 0.2) is 18.2 Å². The summed E-state index contributed by atoms with van der Waals surface area (Å²) in [7, 11) is 0. The van der Waals surface area contributed by atoms with E-state index in [2.05, 4.69) is 5.32 Å². The molecular formula is C17H22N2O6. The Hall–Kier alpha value is -2.77. The molecule has 2 rings (SSSR count). The van der Waals surface area contributed by atoms with Gasteiger partial charge in [0.15, 0.2) is 18.1 Å². The van der Waals surface area contributed by atoms with Gasteiger partial charge in [-0.05, 0) is 31.5 Å². The molecule has 3 amide bonds. The van der Waals surface area contributed by atoms with E-state index in [1.165, 1.54) is 6.07 Å². The van der Waals surface area contributed by atoms with Crippen molar-refractivity contribution in [3.63, 3.8) is 0 Å². The minimum Gasteiger partial charge on any atom is -0.490 e. The van der Waals surface area contributed by atoms with E-state index in [0.717, 1.165) is 11.3 Å². The highest BCUT2D eigenvalue weighted by molar-refractivity contribution is 5.98. The molecule has 25 heavy (non-hydrogen) atoms. The molecule has 1 heterocycles. The van der Waals surface area contributed by atoms with Crippen molar-refractivity contribution in [2.24, 2.45) is 0 Å². The molecule has 0 unspecified atom stereocenters. The average molecular weight is 350 g/mol. The van der Waals surface area contributed by atoms with E-state index in [0.29, 0.717) is 31.3 Å². The van der Waals surface area contributed by atoms with E-state index in [9.17, 15) is 14.4 Å². The van der Waals surface area contributed by atoms with E-state index >= 15 is 0 Å². The molecule has 8 heteroatoms. The molecule has 1 aromatic carbocycles. The lowest BCUT2D eigenvalue weighted by molar-refractivity contribution is -0.130. The number of ether oxygens (including phenoxy) is 3. The van der Waals surface area contributed by atoms with Gasteiger partial charge in [0.2, 0.25) is 0 Å². The highest BCUT2D eigenvalue weighted by Gasteiger charge is 2.27. The second-order valence-corrected chi connectivity index (χ2v) is 5.30. The Morgan fingerprint density at radius 2 is 2.00 bits per heavy atom. The van der Waals surface area contributed by atoms with Crippen LogP contribution in [0.5, 0.6) is 11.5 Å². The van der Waals surface area contributed by atoms with Crippen LogP contribution >= 0.6 is 0 Å². The molecule has 136 valence electrons. The minimum absolute atomic E-state index is 0.242. The van der Waals surface area contributed by atoms with Crippen LogP contribution in [0.25, 0.3) is 0 Å². The van der Waals surface area contributed by atoms with Gasteiger partial charge in [-0.2, -0.15) is 0 Å². The maximum atomic E-state index is 12.1. The van der Waals surface area contributed by atoms with Crippen LogP contribution in [0.4, 0.5) is 4.79 Å². The van der Waals surface area contributed by atoms with Crippen LogP contribution in [0.3, 0.4) is 0 Å². The number of carbonyl (C=O) groups excluding carboxylic acids is 3. The number of urea groups is 1. The van der Waals surface area contributed by atoms with Gasteiger partial charge in [-0.1, -0.05) is 6.92 Å². The summed E-state index contributed by atoms with van der Waals surface area (Å²) in [5.41, 5.74) is 0.242. The van der Waals surface area contributed by atoms with E-state index in [4.69, 9.17) is 14.2 Å². The number of rotatable bonds is 8. The highest BCUT2D eigenvalue weighted by atomic mass is 16.5. The molecule has 0 aromatic heterocycles. The number of amides is 3. The lowest BCUT2D eigenvalue weighted by Crippen LogP contribution is -2.37. The molecule has 0 spiro atoms. The predicted molar refractivity (Wildman–Crippen MR) is 88.8 cm³/mol. The van der Waals surface area contributed by atoms with Crippen LogP contribution in [-0.2, 0) is 9.53 Å². The maximum Gasteiger partial charge on any atom is 0.338 e. The predicted octanol–water partition coefficient (Wildman–Crippen LogP) is 1.58. The van der Waals surface area contributed by atoms with Crippen molar-refractivity contribution in [1.82, 2.24) is 10.2 Å². The molecule has 1 aromatic rings. The summed E-state index contributed by atoms with van der Waals surface area (Å²) in [6.07, 6.45) is 0.849. The van der Waals surface area contributed by atoms with Gasteiger partial charge in [0, 0.05) is 13.1 Å². The van der Waals surface area contributed by atoms with Gasteiger partial charge in [-0.25, -0.2) is 9.59 Å². The van der Waals surface area contributed by atoms with Crippen LogP contribution in [0.2, 0.25) is 0 Å². The molecule has 0 bridgehead atoms. The van der Waals surface area contributed by atoms with Gasteiger partial charge in [0.1, 0.15) is 0 Å². The lowest BCUT2D eigenvalue weighted by Gasteiger charge is -2.14. The van der Waals surface area contributed by atoms with Gasteiger partial charge in [-0.3, -0.25) is 9.69 Å². The Kier molecular flexibility index (Phi) is 6.62. The number of imide groups is 1. The molecule has 1 saturated heterocycles. The van der Waals surface area contributed by atoms with Crippen molar-refractivity contribution in [2.45, 2.75) is 20.3 Å². The van der Waals surface area contributed by atoms with E-state index < -0.39 is 24.5 Å². The Labute approximate surface area is 146 Å². The first kappa shape index (κ1) is 18.6. The van der Waals surface area contributed by atoms with E-state index in [1.54, 1.807) is 12.1 Å². The Balaban J connectivity index is 1.99. The van der Waals surface area contributed by atoms with Crippen LogP contribution in [-0.4, -0.2) is 55.7 Å².